The number of rotatable bonds is 15. The van der Waals surface area contributed by atoms with Gasteiger partial charge in [0.05, 0.1) is 24.8 Å². The summed E-state index contributed by atoms with van der Waals surface area (Å²) in [6, 6.07) is 0.406. The molecule has 5 N–H and O–H groups in total. The van der Waals surface area contributed by atoms with Crippen molar-refractivity contribution < 1.29 is 32.9 Å². The smallest absolute Gasteiger partial charge is 0.412 e. The number of unbranched alkanes of at least 4 members (excludes halogenated alkanes) is 4. The van der Waals surface area contributed by atoms with E-state index in [2.05, 4.69) is 25.0 Å². The van der Waals surface area contributed by atoms with E-state index in [1.54, 1.807) is 13.8 Å². The second-order valence-electron chi connectivity index (χ2n) is 8.05. The second kappa shape index (κ2) is 14.3. The number of urea groups is 1. The summed E-state index contributed by atoms with van der Waals surface area (Å²) in [6.07, 6.45) is 6.00. The van der Waals surface area contributed by atoms with Gasteiger partial charge in [0.2, 0.25) is 5.91 Å². The lowest BCUT2D eigenvalue weighted by Crippen LogP contribution is -2.36. The summed E-state index contributed by atoms with van der Waals surface area (Å²) in [5.74, 6) is 1.02. The Morgan fingerprint density at radius 1 is 1.23 bits per heavy atom. The summed E-state index contributed by atoms with van der Waals surface area (Å²) in [5.41, 5.74) is 0. The molecule has 0 radical (unpaired) electrons. The first-order chi connectivity index (χ1) is 14.3. The van der Waals surface area contributed by atoms with Gasteiger partial charge in [0.15, 0.2) is 0 Å². The average molecular weight is 486 g/mol. The lowest BCUT2D eigenvalue weighted by molar-refractivity contribution is -0.121. The average Bonchev–Trinajstić information content (AvgIpc) is 3.19. The summed E-state index contributed by atoms with van der Waals surface area (Å²) in [5, 5.41) is 9.28. The Labute approximate surface area is 188 Å². The van der Waals surface area contributed by atoms with Crippen molar-refractivity contribution in [3.8, 4) is 0 Å². The van der Waals surface area contributed by atoms with Crippen LogP contribution >= 0.6 is 19.7 Å². The quantitative estimate of drug-likeness (QED) is 0.185. The van der Waals surface area contributed by atoms with E-state index in [1.807, 2.05) is 11.8 Å². The van der Waals surface area contributed by atoms with Crippen molar-refractivity contribution in [2.75, 3.05) is 18.9 Å². The zero-order valence-electron chi connectivity index (χ0n) is 18.4. The van der Waals surface area contributed by atoms with E-state index in [1.165, 1.54) is 0 Å². The summed E-state index contributed by atoms with van der Waals surface area (Å²) in [4.78, 5) is 23.3. The van der Waals surface area contributed by atoms with Gasteiger partial charge in [0.1, 0.15) is 0 Å². The fraction of sp³-hybridized carbons (Fsp3) is 0.895. The Bertz CT molecular complexity index is 615. The van der Waals surface area contributed by atoms with Crippen LogP contribution in [0.25, 0.3) is 0 Å². The van der Waals surface area contributed by atoms with E-state index in [9.17, 15) is 18.4 Å². The number of carbonyl (C=O) groups excluding carboxylic acids is 2. The zero-order chi connectivity index (χ0) is 22.0. The predicted octanol–water partition coefficient (Wildman–Crippen LogP) is 3.08. The van der Waals surface area contributed by atoms with Crippen LogP contribution in [0.3, 0.4) is 0 Å². The summed E-state index contributed by atoms with van der Waals surface area (Å²) >= 11 is 1.89. The molecule has 3 amide bonds. The lowest BCUT2D eigenvalue weighted by Gasteiger charge is -2.16. The van der Waals surface area contributed by atoms with E-state index < -0.39 is 14.0 Å². The molecule has 12 heteroatoms. The Balaban J connectivity index is 0.00000480. The van der Waals surface area contributed by atoms with Crippen LogP contribution in [0.5, 0.6) is 0 Å². The molecule has 2 heterocycles. The maximum Gasteiger partial charge on any atom is 0.513 e. The van der Waals surface area contributed by atoms with Crippen molar-refractivity contribution >= 4 is 31.6 Å². The van der Waals surface area contributed by atoms with Gasteiger partial charge in [-0.25, -0.2) is 9.36 Å². The van der Waals surface area contributed by atoms with Crippen molar-refractivity contribution in [3.63, 3.8) is 0 Å². The number of hydrogen-bond acceptors (Lipinski definition) is 6. The molecule has 2 fully saturated rings. The van der Waals surface area contributed by atoms with Crippen molar-refractivity contribution in [2.24, 2.45) is 0 Å². The van der Waals surface area contributed by atoms with Crippen LogP contribution in [0.15, 0.2) is 0 Å². The van der Waals surface area contributed by atoms with Gasteiger partial charge in [-0.15, -0.1) is 4.20 Å². The van der Waals surface area contributed by atoms with Crippen molar-refractivity contribution in [1.82, 2.24) is 16.0 Å². The van der Waals surface area contributed by atoms with Crippen LogP contribution in [0.2, 0.25) is 0 Å². The standard InChI is InChI=1S/C19H35FN3O5PS.H2O/c1-14(2)28-29(20,26)27-12-8-4-3-7-11-21-17(24)10-6-5-9-16-18-15(13-30-16)22-19(25)23-18;/h14-16,18H,3-13H2,1-2H3,(H,21,24)(H2,22,23,25);1H2. The number of nitrogens with one attached hydrogen (secondary N) is 3. The van der Waals surface area contributed by atoms with Gasteiger partial charge >= 0.3 is 13.9 Å². The minimum Gasteiger partial charge on any atom is -0.412 e. The highest BCUT2D eigenvalue weighted by molar-refractivity contribution is 8.00. The third-order valence-corrected chi connectivity index (χ3v) is 7.73. The number of thioether (sulfide) groups is 1. The van der Waals surface area contributed by atoms with Crippen molar-refractivity contribution in [2.45, 2.75) is 88.7 Å². The van der Waals surface area contributed by atoms with Crippen LogP contribution in [0, 0.1) is 0 Å². The molecule has 2 saturated heterocycles. The maximum absolute atomic E-state index is 13.4. The molecule has 9 nitrogen and oxygen atoms in total. The minimum absolute atomic E-state index is 0. The summed E-state index contributed by atoms with van der Waals surface area (Å²) in [7, 11) is -4.43. The van der Waals surface area contributed by atoms with E-state index in [0.29, 0.717) is 24.6 Å². The Kier molecular flexibility index (Phi) is 13.0. The van der Waals surface area contributed by atoms with E-state index in [-0.39, 0.29) is 36.1 Å². The molecule has 0 bridgehead atoms. The van der Waals surface area contributed by atoms with Crippen LogP contribution in [0.1, 0.15) is 65.2 Å². The predicted molar refractivity (Wildman–Crippen MR) is 120 cm³/mol. The first-order valence-corrected chi connectivity index (χ1v) is 13.3. The third kappa shape index (κ3) is 11.0. The van der Waals surface area contributed by atoms with Gasteiger partial charge in [-0.1, -0.05) is 19.3 Å². The number of hydrogen-bond donors (Lipinski definition) is 3. The highest BCUT2D eigenvalue weighted by Crippen LogP contribution is 2.51. The van der Waals surface area contributed by atoms with E-state index in [0.717, 1.165) is 44.3 Å². The van der Waals surface area contributed by atoms with Crippen molar-refractivity contribution in [3.05, 3.63) is 0 Å². The van der Waals surface area contributed by atoms with Gasteiger partial charge in [-0.2, -0.15) is 11.8 Å². The van der Waals surface area contributed by atoms with Crippen molar-refractivity contribution in [1.29, 1.82) is 0 Å². The molecule has 0 spiro atoms. The Morgan fingerprint density at radius 3 is 2.71 bits per heavy atom. The van der Waals surface area contributed by atoms with Crippen LogP contribution < -0.4 is 16.0 Å². The highest BCUT2D eigenvalue weighted by Gasteiger charge is 2.42. The SMILES string of the molecule is CC(C)OP(=O)(F)OCCCCCCNC(=O)CCCCC1SCC2NC(=O)NC21.O. The molecule has 0 aliphatic carbocycles. The maximum atomic E-state index is 13.4. The molecule has 2 aliphatic rings. The molecule has 4 unspecified atom stereocenters. The Hall–Kier alpha value is -0.870. The Morgan fingerprint density at radius 2 is 1.97 bits per heavy atom. The molecule has 0 aromatic carbocycles. The molecule has 31 heavy (non-hydrogen) atoms. The normalized spacial score (nSPS) is 24.1. The van der Waals surface area contributed by atoms with Gasteiger partial charge in [0, 0.05) is 24.0 Å². The van der Waals surface area contributed by atoms with Gasteiger partial charge in [-0.05, 0) is 39.5 Å². The van der Waals surface area contributed by atoms with Gasteiger partial charge < -0.3 is 21.4 Å². The lowest BCUT2D eigenvalue weighted by atomic mass is 10.0. The van der Waals surface area contributed by atoms with Gasteiger partial charge in [0.25, 0.3) is 0 Å². The zero-order valence-corrected chi connectivity index (χ0v) is 20.1. The molecule has 4 atom stereocenters. The number of amides is 3. The fourth-order valence-corrected chi connectivity index (χ4v) is 6.08. The monoisotopic (exact) mass is 485 g/mol. The molecule has 0 aromatic rings. The second-order valence-corrected chi connectivity index (χ2v) is 10.7. The number of carbonyl (C=O) groups is 2. The van der Waals surface area contributed by atoms with E-state index in [4.69, 9.17) is 0 Å². The van der Waals surface area contributed by atoms with Crippen LogP contribution in [-0.4, -0.2) is 59.8 Å². The summed E-state index contributed by atoms with van der Waals surface area (Å²) in [6.45, 7) is 3.88. The molecular formula is C19H37FN3O6PS. The van der Waals surface area contributed by atoms with Crippen LogP contribution in [-0.2, 0) is 18.4 Å². The fourth-order valence-electron chi connectivity index (χ4n) is 3.63. The molecular weight excluding hydrogens is 448 g/mol. The first-order valence-electron chi connectivity index (χ1n) is 10.8. The molecule has 182 valence electrons. The van der Waals surface area contributed by atoms with E-state index >= 15 is 0 Å². The van der Waals surface area contributed by atoms with Gasteiger partial charge in [-0.3, -0.25) is 13.8 Å². The first kappa shape index (κ1) is 28.2. The van der Waals surface area contributed by atoms with Crippen LogP contribution in [0.4, 0.5) is 8.99 Å². The number of fused-ring (bicyclic) bond motifs is 1. The largest absolute Gasteiger partial charge is 0.513 e. The molecule has 2 rings (SSSR count). The topological polar surface area (TPSA) is 137 Å². The summed E-state index contributed by atoms with van der Waals surface area (Å²) < 4.78 is 34.0. The number of halogens is 1. The highest BCUT2D eigenvalue weighted by atomic mass is 32.2. The third-order valence-electron chi connectivity index (χ3n) is 5.06. The minimum atomic E-state index is -4.43. The molecule has 2 aliphatic heterocycles. The molecule has 0 saturated carbocycles. The molecule has 0 aromatic heterocycles.